The molecule has 9 rings (SSSR count). The first-order valence-corrected chi connectivity index (χ1v) is 14.7. The highest BCUT2D eigenvalue weighted by Gasteiger charge is 2.65. The summed E-state index contributed by atoms with van der Waals surface area (Å²) in [5.41, 5.74) is 10.6. The smallest absolute Gasteiger partial charge is 0.270 e. The number of hydrogen-bond acceptors (Lipinski definition) is 4. The molecule has 2 aromatic heterocycles. The van der Waals surface area contributed by atoms with Crippen LogP contribution in [0.1, 0.15) is 62.2 Å². The maximum Gasteiger partial charge on any atom is 0.270 e. The van der Waals surface area contributed by atoms with Gasteiger partial charge in [0.2, 0.25) is 0 Å². The minimum atomic E-state index is -0.121. The number of carbonyl (C=O) groups excluding carboxylic acids is 1. The van der Waals surface area contributed by atoms with Gasteiger partial charge in [0.05, 0.1) is 19.3 Å². The van der Waals surface area contributed by atoms with Crippen LogP contribution in [0.4, 0.5) is 0 Å². The van der Waals surface area contributed by atoms with E-state index in [-0.39, 0.29) is 17.4 Å². The van der Waals surface area contributed by atoms with Crippen LogP contribution in [0.5, 0.6) is 11.5 Å². The lowest BCUT2D eigenvalue weighted by molar-refractivity contribution is -0.0256. The summed E-state index contributed by atoms with van der Waals surface area (Å²) < 4.78 is 12.7. The normalized spacial score (nSPS) is 27.7. The first kappa shape index (κ1) is 23.0. The number of benzene rings is 2. The maximum absolute atomic E-state index is 14.1. The molecule has 2 aliphatic carbocycles. The van der Waals surface area contributed by atoms with Crippen LogP contribution in [0, 0.1) is 12.8 Å². The van der Waals surface area contributed by atoms with E-state index in [9.17, 15) is 4.79 Å². The van der Waals surface area contributed by atoms with Crippen molar-refractivity contribution in [3.63, 3.8) is 0 Å². The fourth-order valence-electron chi connectivity index (χ4n) is 9.18. The summed E-state index contributed by atoms with van der Waals surface area (Å²) in [7, 11) is 4.01. The van der Waals surface area contributed by atoms with Gasteiger partial charge in [-0.3, -0.25) is 4.79 Å². The minimum Gasteiger partial charge on any atom is -0.493 e. The number of likely N-dealkylation sites (tertiary alicyclic amines) is 1. The Kier molecular flexibility index (Phi) is 4.45. The Balaban J connectivity index is 1.13. The number of piperidine rings is 1. The van der Waals surface area contributed by atoms with Crippen LogP contribution < -0.4 is 9.47 Å². The van der Waals surface area contributed by atoms with E-state index in [1.54, 1.807) is 7.11 Å². The molecule has 0 saturated carbocycles. The van der Waals surface area contributed by atoms with E-state index in [2.05, 4.69) is 65.2 Å². The topological polar surface area (TPSA) is 73.6 Å². The number of aromatic nitrogens is 2. The third-order valence-electron chi connectivity index (χ3n) is 11.1. The summed E-state index contributed by atoms with van der Waals surface area (Å²) >= 11 is 0. The number of carbonyl (C=O) groups is 1. The standard InChI is InChI=1S/C33H34N4O3/c1-17-21-15-22-25-14-18-8-9-26(39-3)30-27(18)33(22,11-13-36(25)2)31(40-30)29(21)35-28(17)32(38)37-12-10-20-19-6-4-5-7-23(19)34-24(20)16-37/h4-9,22,25,31,34-35H,10-16H2,1-3H3/t22-,25+,31-,33?/m0/s1. The molecule has 4 aromatic rings. The summed E-state index contributed by atoms with van der Waals surface area (Å²) in [6, 6.07) is 13.2. The van der Waals surface area contributed by atoms with Gasteiger partial charge in [-0.1, -0.05) is 24.3 Å². The first-order valence-electron chi connectivity index (χ1n) is 14.7. The maximum atomic E-state index is 14.1. The van der Waals surface area contributed by atoms with Crippen molar-refractivity contribution in [2.24, 2.45) is 5.92 Å². The van der Waals surface area contributed by atoms with Crippen LogP contribution in [0.15, 0.2) is 36.4 Å². The highest BCUT2D eigenvalue weighted by Crippen LogP contribution is 2.67. The second-order valence-corrected chi connectivity index (χ2v) is 12.6. The molecule has 204 valence electrons. The highest BCUT2D eigenvalue weighted by molar-refractivity contribution is 5.95. The van der Waals surface area contributed by atoms with E-state index in [0.717, 1.165) is 78.4 Å². The van der Waals surface area contributed by atoms with Crippen LogP contribution in [-0.4, -0.2) is 59.0 Å². The number of aromatic amines is 2. The SMILES string of the molecule is COc1ccc2c3c1O[C@H]1c4[nH]c(C(=O)N5CCc6c([nH]c7ccccc67)C5)c(C)c4C[C@H]4[C@@H](C2)N(C)CCC314. The molecule has 40 heavy (non-hydrogen) atoms. The molecule has 2 bridgehead atoms. The van der Waals surface area contributed by atoms with Gasteiger partial charge in [0.15, 0.2) is 11.5 Å². The number of hydrogen-bond donors (Lipinski definition) is 2. The molecule has 2 aromatic carbocycles. The lowest BCUT2D eigenvalue weighted by Crippen LogP contribution is -2.62. The predicted molar refractivity (Wildman–Crippen MR) is 152 cm³/mol. The van der Waals surface area contributed by atoms with Crippen LogP contribution in [-0.2, 0) is 31.2 Å². The quantitative estimate of drug-likeness (QED) is 0.387. The van der Waals surface area contributed by atoms with E-state index < -0.39 is 0 Å². The Hall–Kier alpha value is -3.71. The molecule has 3 aliphatic heterocycles. The predicted octanol–water partition coefficient (Wildman–Crippen LogP) is 4.82. The number of para-hydroxylation sites is 1. The molecule has 2 N–H and O–H groups in total. The Bertz CT molecular complexity index is 1750. The van der Waals surface area contributed by atoms with Gasteiger partial charge >= 0.3 is 0 Å². The lowest BCUT2D eigenvalue weighted by Gasteiger charge is -2.57. The summed E-state index contributed by atoms with van der Waals surface area (Å²) in [5.74, 6) is 2.28. The average Bonchev–Trinajstić information content (AvgIpc) is 3.63. The molecule has 1 saturated heterocycles. The zero-order valence-electron chi connectivity index (χ0n) is 23.3. The average molecular weight is 535 g/mol. The molecular formula is C33H34N4O3. The Morgan fingerprint density at radius 1 is 1.10 bits per heavy atom. The summed E-state index contributed by atoms with van der Waals surface area (Å²) in [4.78, 5) is 25.9. The van der Waals surface area contributed by atoms with Gasteiger partial charge in [-0.2, -0.15) is 0 Å². The second-order valence-electron chi connectivity index (χ2n) is 12.6. The van der Waals surface area contributed by atoms with Gasteiger partial charge in [0.1, 0.15) is 11.8 Å². The van der Waals surface area contributed by atoms with Crippen molar-refractivity contribution < 1.29 is 14.3 Å². The van der Waals surface area contributed by atoms with Crippen LogP contribution in [0.3, 0.4) is 0 Å². The zero-order chi connectivity index (χ0) is 26.9. The van der Waals surface area contributed by atoms with Crippen molar-refractivity contribution in [2.45, 2.75) is 56.7 Å². The number of amides is 1. The number of nitrogens with zero attached hydrogens (tertiary/aromatic N) is 2. The van der Waals surface area contributed by atoms with E-state index in [0.29, 0.717) is 18.5 Å². The number of methoxy groups -OCH3 is 1. The van der Waals surface area contributed by atoms with Gasteiger partial charge in [0.25, 0.3) is 5.91 Å². The summed E-state index contributed by atoms with van der Waals surface area (Å²) in [6.45, 7) is 4.52. The number of fused-ring (bicyclic) bond motifs is 5. The Morgan fingerprint density at radius 3 is 2.85 bits per heavy atom. The van der Waals surface area contributed by atoms with E-state index in [1.165, 1.54) is 27.6 Å². The molecule has 7 heteroatoms. The van der Waals surface area contributed by atoms with Crippen LogP contribution >= 0.6 is 0 Å². The number of nitrogens with one attached hydrogen (secondary N) is 2. The summed E-state index contributed by atoms with van der Waals surface area (Å²) in [6.07, 6.45) is 3.81. The van der Waals surface area contributed by atoms with Crippen molar-refractivity contribution in [1.82, 2.24) is 19.8 Å². The monoisotopic (exact) mass is 534 g/mol. The fourth-order valence-corrected chi connectivity index (χ4v) is 9.18. The van der Waals surface area contributed by atoms with Crippen LogP contribution in [0.2, 0.25) is 0 Å². The molecule has 0 radical (unpaired) electrons. The largest absolute Gasteiger partial charge is 0.493 e. The van der Waals surface area contributed by atoms with Gasteiger partial charge in [-0.15, -0.1) is 0 Å². The number of rotatable bonds is 2. The van der Waals surface area contributed by atoms with Crippen molar-refractivity contribution in [2.75, 3.05) is 27.2 Å². The third-order valence-corrected chi connectivity index (χ3v) is 11.1. The zero-order valence-corrected chi connectivity index (χ0v) is 23.3. The van der Waals surface area contributed by atoms with Gasteiger partial charge < -0.3 is 29.2 Å². The van der Waals surface area contributed by atoms with Crippen molar-refractivity contribution in [3.8, 4) is 11.5 Å². The Labute approximate surface area is 233 Å². The van der Waals surface area contributed by atoms with Gasteiger partial charge in [0, 0.05) is 40.2 Å². The number of ether oxygens (including phenoxy) is 2. The van der Waals surface area contributed by atoms with Crippen molar-refractivity contribution >= 4 is 16.8 Å². The van der Waals surface area contributed by atoms with Gasteiger partial charge in [-0.05, 0) is 86.5 Å². The minimum absolute atomic E-state index is 0.0797. The number of likely N-dealkylation sites (N-methyl/N-ethyl adjacent to an activating group) is 1. The third kappa shape index (κ3) is 2.67. The molecule has 1 spiro atoms. The molecule has 5 aliphatic rings. The second kappa shape index (κ2) is 7.72. The molecule has 1 fully saturated rings. The molecule has 1 amide bonds. The van der Waals surface area contributed by atoms with E-state index in [1.807, 2.05) is 4.90 Å². The molecule has 5 heterocycles. The lowest BCUT2D eigenvalue weighted by atomic mass is 9.51. The van der Waals surface area contributed by atoms with Crippen molar-refractivity contribution in [1.29, 1.82) is 0 Å². The fraction of sp³-hybridized carbons (Fsp3) is 0.424. The van der Waals surface area contributed by atoms with Crippen molar-refractivity contribution in [3.05, 3.63) is 81.3 Å². The van der Waals surface area contributed by atoms with E-state index in [4.69, 9.17) is 9.47 Å². The highest BCUT2D eigenvalue weighted by atomic mass is 16.5. The Morgan fingerprint density at radius 2 is 1.98 bits per heavy atom. The first-order chi connectivity index (χ1) is 19.5. The molecule has 4 atom stereocenters. The molecule has 7 nitrogen and oxygen atoms in total. The summed E-state index contributed by atoms with van der Waals surface area (Å²) in [5, 5.41) is 1.28. The van der Waals surface area contributed by atoms with Gasteiger partial charge in [-0.25, -0.2) is 0 Å². The van der Waals surface area contributed by atoms with E-state index >= 15 is 0 Å². The molecule has 1 unspecified atom stereocenters. The molecular weight excluding hydrogens is 500 g/mol. The number of H-pyrrole nitrogens is 2. The van der Waals surface area contributed by atoms with Crippen LogP contribution in [0.25, 0.3) is 10.9 Å².